The summed E-state index contributed by atoms with van der Waals surface area (Å²) < 4.78 is 5.32. The maximum Gasteiger partial charge on any atom is 0.313 e. The minimum atomic E-state index is -1.28. The molecule has 0 heterocycles. The smallest absolute Gasteiger partial charge is 0.313 e. The van der Waals surface area contributed by atoms with Crippen LogP contribution >= 0.6 is 0 Å². The Kier molecular flexibility index (Phi) is 5.66. The van der Waals surface area contributed by atoms with Crippen molar-refractivity contribution in [3.05, 3.63) is 0 Å². The molecule has 0 aromatic carbocycles. The number of nitrogens with zero attached hydrogens (tertiary/aromatic N) is 1. The predicted molar refractivity (Wildman–Crippen MR) is 53.1 cm³/mol. The highest BCUT2D eigenvalue weighted by atomic mass is 16.5. The number of aliphatic carboxylic acids is 1. The summed E-state index contributed by atoms with van der Waals surface area (Å²) in [6.45, 7) is 0.346. The first-order chi connectivity index (χ1) is 7.24. The topological polar surface area (TPSA) is 83.5 Å². The number of rotatable bonds is 7. The Morgan fingerprint density at radius 2 is 1.94 bits per heavy atom. The summed E-state index contributed by atoms with van der Waals surface area (Å²) in [6, 6.07) is 0. The van der Waals surface area contributed by atoms with Crippen molar-refractivity contribution < 1.29 is 28.7 Å². The van der Waals surface area contributed by atoms with E-state index in [1.807, 2.05) is 21.1 Å². The van der Waals surface area contributed by atoms with Gasteiger partial charge in [-0.15, -0.1) is 0 Å². The van der Waals surface area contributed by atoms with Gasteiger partial charge in [0.25, 0.3) is 0 Å². The van der Waals surface area contributed by atoms with Gasteiger partial charge in [-0.1, -0.05) is 0 Å². The van der Waals surface area contributed by atoms with Gasteiger partial charge in [-0.3, -0.25) is 4.79 Å². The average molecular weight is 231 g/mol. The molecule has 1 unspecified atom stereocenters. The van der Waals surface area contributed by atoms with Crippen LogP contribution in [0.2, 0.25) is 0 Å². The Balaban J connectivity index is 4.36. The molecule has 6 nitrogen and oxygen atoms in total. The van der Waals surface area contributed by atoms with Crippen molar-refractivity contribution in [3.8, 4) is 0 Å². The first-order valence-electron chi connectivity index (χ1n) is 4.88. The van der Waals surface area contributed by atoms with Gasteiger partial charge >= 0.3 is 5.97 Å². The zero-order valence-corrected chi connectivity index (χ0v) is 9.76. The highest BCUT2D eigenvalue weighted by Crippen LogP contribution is 2.05. The third-order valence-corrected chi connectivity index (χ3v) is 1.69. The lowest BCUT2D eigenvalue weighted by Crippen LogP contribution is -2.45. The highest BCUT2D eigenvalue weighted by Gasteiger charge is 2.22. The number of quaternary nitrogens is 1. The first-order valence-corrected chi connectivity index (χ1v) is 4.88. The van der Waals surface area contributed by atoms with Gasteiger partial charge in [0.2, 0.25) is 0 Å². The molecule has 0 N–H and O–H groups in total. The number of esters is 1. The molecule has 16 heavy (non-hydrogen) atoms. The van der Waals surface area contributed by atoms with Gasteiger partial charge in [0.1, 0.15) is 19.3 Å². The number of likely N-dealkylation sites (N-methyl/N-ethyl adjacent to an activating group) is 1. The zero-order valence-electron chi connectivity index (χ0n) is 9.76. The molecule has 0 aromatic heterocycles. The van der Waals surface area contributed by atoms with Gasteiger partial charge in [-0.25, -0.2) is 0 Å². The maximum atomic E-state index is 11.0. The number of carboxylic acids is 1. The third kappa shape index (κ3) is 7.93. The van der Waals surface area contributed by atoms with Crippen molar-refractivity contribution in [1.29, 1.82) is 0 Å². The van der Waals surface area contributed by atoms with E-state index in [0.717, 1.165) is 0 Å². The van der Waals surface area contributed by atoms with E-state index in [1.54, 1.807) is 0 Å². The number of carbonyl (C=O) groups is 3. The zero-order chi connectivity index (χ0) is 12.8. The van der Waals surface area contributed by atoms with Crippen molar-refractivity contribution >= 4 is 18.2 Å². The highest BCUT2D eigenvalue weighted by molar-refractivity contribution is 5.84. The van der Waals surface area contributed by atoms with E-state index >= 15 is 0 Å². The van der Waals surface area contributed by atoms with Gasteiger partial charge in [0.05, 0.1) is 21.1 Å². The SMILES string of the molecule is C[N+](C)(C)CC(CC(=O)[O-])OC(=O)CC=O. The lowest BCUT2D eigenvalue weighted by molar-refractivity contribution is -0.873. The number of ether oxygens (including phenoxy) is 1. The second-order valence-corrected chi connectivity index (χ2v) is 4.53. The lowest BCUT2D eigenvalue weighted by Gasteiger charge is -2.29. The van der Waals surface area contributed by atoms with E-state index in [1.165, 1.54) is 0 Å². The third-order valence-electron chi connectivity index (χ3n) is 1.69. The number of carboxylic acid groups (broad SMARTS) is 1. The fourth-order valence-corrected chi connectivity index (χ4v) is 1.24. The Bertz CT molecular complexity index is 269. The summed E-state index contributed by atoms with van der Waals surface area (Å²) in [5, 5.41) is 10.5. The van der Waals surface area contributed by atoms with Crippen molar-refractivity contribution in [2.75, 3.05) is 27.7 Å². The van der Waals surface area contributed by atoms with Crippen LogP contribution in [0, 0.1) is 0 Å². The monoisotopic (exact) mass is 231 g/mol. The molecule has 0 fully saturated rings. The van der Waals surface area contributed by atoms with E-state index in [-0.39, 0.29) is 12.8 Å². The second kappa shape index (κ2) is 6.22. The van der Waals surface area contributed by atoms with Crippen molar-refractivity contribution in [3.63, 3.8) is 0 Å². The van der Waals surface area contributed by atoms with Crippen LogP contribution in [0.1, 0.15) is 12.8 Å². The van der Waals surface area contributed by atoms with E-state index in [0.29, 0.717) is 17.3 Å². The summed E-state index contributed by atoms with van der Waals surface area (Å²) in [5.41, 5.74) is 0. The summed E-state index contributed by atoms with van der Waals surface area (Å²) in [4.78, 5) is 31.6. The Labute approximate surface area is 94.4 Å². The number of aldehydes is 1. The molecule has 92 valence electrons. The van der Waals surface area contributed by atoms with Gasteiger partial charge < -0.3 is 23.9 Å². The molecular weight excluding hydrogens is 214 g/mol. The molecule has 0 saturated heterocycles. The first kappa shape index (κ1) is 14.6. The van der Waals surface area contributed by atoms with Crippen LogP contribution in [0.15, 0.2) is 0 Å². The predicted octanol–water partition coefficient (Wildman–Crippen LogP) is -1.67. The fourth-order valence-electron chi connectivity index (χ4n) is 1.24. The van der Waals surface area contributed by atoms with Crippen LogP contribution in [-0.4, -0.2) is 56.5 Å². The van der Waals surface area contributed by atoms with Crippen LogP contribution in [0.3, 0.4) is 0 Å². The number of hydrogen-bond acceptors (Lipinski definition) is 5. The number of carbonyl (C=O) groups excluding carboxylic acids is 3. The Hall–Kier alpha value is -1.43. The molecule has 0 amide bonds. The summed E-state index contributed by atoms with van der Waals surface area (Å²) in [7, 11) is 5.53. The van der Waals surface area contributed by atoms with E-state index in [2.05, 4.69) is 0 Å². The van der Waals surface area contributed by atoms with E-state index < -0.39 is 18.0 Å². The molecule has 0 aliphatic heterocycles. The van der Waals surface area contributed by atoms with E-state index in [4.69, 9.17) is 4.74 Å². The van der Waals surface area contributed by atoms with Gasteiger partial charge in [-0.2, -0.15) is 0 Å². The molecule has 0 aliphatic rings. The normalized spacial score (nSPS) is 12.9. The molecule has 0 spiro atoms. The molecule has 0 aromatic rings. The second-order valence-electron chi connectivity index (χ2n) is 4.53. The summed E-state index contributed by atoms with van der Waals surface area (Å²) >= 11 is 0. The molecular formula is C10H17NO5. The van der Waals surface area contributed by atoms with E-state index in [9.17, 15) is 19.5 Å². The van der Waals surface area contributed by atoms with Gasteiger partial charge in [0, 0.05) is 12.4 Å². The van der Waals surface area contributed by atoms with Crippen LogP contribution in [0.4, 0.5) is 0 Å². The minimum absolute atomic E-state index is 0.346. The molecule has 0 rings (SSSR count). The molecule has 0 saturated carbocycles. The number of hydrogen-bond donors (Lipinski definition) is 0. The fraction of sp³-hybridized carbons (Fsp3) is 0.700. The van der Waals surface area contributed by atoms with Gasteiger partial charge in [-0.05, 0) is 0 Å². The van der Waals surface area contributed by atoms with Crippen molar-refractivity contribution in [2.45, 2.75) is 18.9 Å². The standard InChI is InChI=1S/C10H17NO5/c1-11(2,3)7-8(6-9(13)14)16-10(15)4-5-12/h5,8H,4,6-7H2,1-3H3. The average Bonchev–Trinajstić information content (AvgIpc) is 1.98. The molecule has 6 heteroatoms. The Morgan fingerprint density at radius 3 is 2.31 bits per heavy atom. The van der Waals surface area contributed by atoms with Crippen molar-refractivity contribution in [2.24, 2.45) is 0 Å². The Morgan fingerprint density at radius 1 is 1.38 bits per heavy atom. The maximum absolute atomic E-state index is 11.0. The van der Waals surface area contributed by atoms with Crippen LogP contribution in [0.5, 0.6) is 0 Å². The summed E-state index contributed by atoms with van der Waals surface area (Å²) in [6.07, 6.45) is -1.07. The largest absolute Gasteiger partial charge is 0.550 e. The van der Waals surface area contributed by atoms with Crippen LogP contribution in [-0.2, 0) is 19.1 Å². The minimum Gasteiger partial charge on any atom is -0.550 e. The van der Waals surface area contributed by atoms with Crippen LogP contribution < -0.4 is 5.11 Å². The van der Waals surface area contributed by atoms with Gasteiger partial charge in [0.15, 0.2) is 6.10 Å². The van der Waals surface area contributed by atoms with Crippen molar-refractivity contribution in [1.82, 2.24) is 0 Å². The molecule has 0 aliphatic carbocycles. The lowest BCUT2D eigenvalue weighted by atomic mass is 10.2. The summed E-state index contributed by atoms with van der Waals surface area (Å²) in [5.74, 6) is -1.99. The van der Waals surface area contributed by atoms with Crippen LogP contribution in [0.25, 0.3) is 0 Å². The molecule has 1 atom stereocenters. The molecule has 0 bridgehead atoms. The molecule has 0 radical (unpaired) electrons. The quantitative estimate of drug-likeness (QED) is 0.226.